The fraction of sp³-hybridized carbons (Fsp3) is 0.750. The molecule has 0 aliphatic rings. The number of rotatable bonds is 3. The quantitative estimate of drug-likeness (QED) is 0.609. The molecular formula is C4H9NO4S. The lowest BCUT2D eigenvalue weighted by Gasteiger charge is -2.00. The molecule has 6 heteroatoms. The van der Waals surface area contributed by atoms with E-state index in [2.05, 4.69) is 4.18 Å². The molecule has 0 unspecified atom stereocenters. The first-order chi connectivity index (χ1) is 4.48. The monoisotopic (exact) mass is 167 g/mol. The molecule has 0 spiro atoms. The first-order valence-electron chi connectivity index (χ1n) is 2.67. The molecule has 0 fully saturated rings. The molecule has 0 heterocycles. The van der Waals surface area contributed by atoms with Crippen LogP contribution in [-0.2, 0) is 19.3 Å². The van der Waals surface area contributed by atoms with Gasteiger partial charge in [-0.1, -0.05) is 6.92 Å². The van der Waals surface area contributed by atoms with Crippen LogP contribution in [0.25, 0.3) is 0 Å². The van der Waals surface area contributed by atoms with Gasteiger partial charge in [-0.05, 0) is 0 Å². The van der Waals surface area contributed by atoms with Crippen molar-refractivity contribution in [1.29, 1.82) is 0 Å². The smallest absolute Gasteiger partial charge is 0.335 e. The van der Waals surface area contributed by atoms with Crippen LogP contribution in [0.5, 0.6) is 0 Å². The topological polar surface area (TPSA) is 72.5 Å². The lowest BCUT2D eigenvalue weighted by atomic mass is 10.8. The summed E-state index contributed by atoms with van der Waals surface area (Å²) in [5, 5.41) is 0. The molecule has 0 rings (SSSR count). The molecule has 1 N–H and O–H groups in total. The van der Waals surface area contributed by atoms with Gasteiger partial charge >= 0.3 is 16.3 Å². The second kappa shape index (κ2) is 3.52. The van der Waals surface area contributed by atoms with Crippen LogP contribution in [0.2, 0.25) is 0 Å². The zero-order valence-corrected chi connectivity index (χ0v) is 6.56. The summed E-state index contributed by atoms with van der Waals surface area (Å²) >= 11 is 0. The lowest BCUT2D eigenvalue weighted by molar-refractivity contribution is -0.131. The summed E-state index contributed by atoms with van der Waals surface area (Å²) in [5.41, 5.74) is 0. The molecule has 0 saturated heterocycles. The van der Waals surface area contributed by atoms with Crippen LogP contribution in [0.3, 0.4) is 0 Å². The van der Waals surface area contributed by atoms with E-state index >= 15 is 0 Å². The molecule has 0 radical (unpaired) electrons. The van der Waals surface area contributed by atoms with Crippen molar-refractivity contribution in [3.8, 4) is 0 Å². The van der Waals surface area contributed by atoms with Crippen LogP contribution in [0, 0.1) is 0 Å². The van der Waals surface area contributed by atoms with Crippen molar-refractivity contribution in [2.24, 2.45) is 0 Å². The van der Waals surface area contributed by atoms with Crippen molar-refractivity contribution < 1.29 is 17.4 Å². The molecular weight excluding hydrogens is 158 g/mol. The van der Waals surface area contributed by atoms with E-state index in [1.165, 1.54) is 0 Å². The maximum absolute atomic E-state index is 10.5. The van der Waals surface area contributed by atoms with Gasteiger partial charge in [0.2, 0.25) is 0 Å². The van der Waals surface area contributed by atoms with E-state index in [-0.39, 0.29) is 6.54 Å². The first kappa shape index (κ1) is 9.38. The van der Waals surface area contributed by atoms with Crippen LogP contribution in [0.15, 0.2) is 0 Å². The van der Waals surface area contributed by atoms with Gasteiger partial charge in [0, 0.05) is 13.5 Å². The zero-order chi connectivity index (χ0) is 8.20. The van der Waals surface area contributed by atoms with Crippen molar-refractivity contribution >= 4 is 16.3 Å². The van der Waals surface area contributed by atoms with E-state index in [1.54, 1.807) is 6.92 Å². The molecule has 0 aromatic rings. The van der Waals surface area contributed by atoms with Crippen LogP contribution in [-0.4, -0.2) is 20.9 Å². The Labute approximate surface area is 59.6 Å². The molecule has 0 aromatic heterocycles. The van der Waals surface area contributed by atoms with E-state index in [9.17, 15) is 13.2 Å². The normalized spacial score (nSPS) is 11.0. The molecule has 0 atom stereocenters. The minimum atomic E-state index is -3.83. The Morgan fingerprint density at radius 1 is 1.60 bits per heavy atom. The highest BCUT2D eigenvalue weighted by Gasteiger charge is 2.10. The molecule has 5 nitrogen and oxygen atoms in total. The third-order valence-electron chi connectivity index (χ3n) is 0.548. The maximum Gasteiger partial charge on any atom is 0.385 e. The summed E-state index contributed by atoms with van der Waals surface area (Å²) in [6, 6.07) is 0. The molecule has 60 valence electrons. The molecule has 0 aromatic carbocycles. The standard InChI is InChI=1S/C4H9NO4S/c1-3-5-10(7,8)9-4(2)6/h5H,3H2,1-2H3. The average Bonchev–Trinajstić information content (AvgIpc) is 1.59. The van der Waals surface area contributed by atoms with E-state index in [4.69, 9.17) is 0 Å². The van der Waals surface area contributed by atoms with Gasteiger partial charge in [-0.3, -0.25) is 4.79 Å². The fourth-order valence-electron chi connectivity index (χ4n) is 0.361. The predicted molar refractivity (Wildman–Crippen MR) is 34.4 cm³/mol. The van der Waals surface area contributed by atoms with Crippen molar-refractivity contribution in [1.82, 2.24) is 4.72 Å². The van der Waals surface area contributed by atoms with Gasteiger partial charge in [0.05, 0.1) is 0 Å². The van der Waals surface area contributed by atoms with Crippen LogP contribution in [0.1, 0.15) is 13.8 Å². The summed E-state index contributed by atoms with van der Waals surface area (Å²) in [4.78, 5) is 10.1. The molecule has 0 amide bonds. The second-order valence-electron chi connectivity index (χ2n) is 1.53. The Hall–Kier alpha value is -0.620. The Morgan fingerprint density at radius 3 is 2.40 bits per heavy atom. The molecule has 10 heavy (non-hydrogen) atoms. The van der Waals surface area contributed by atoms with Crippen LogP contribution < -0.4 is 4.72 Å². The van der Waals surface area contributed by atoms with Crippen molar-refractivity contribution in [3.05, 3.63) is 0 Å². The Bertz CT molecular complexity index is 207. The predicted octanol–water partition coefficient (Wildman–Crippen LogP) is -0.596. The fourth-order valence-corrected chi connectivity index (χ4v) is 1.08. The highest BCUT2D eigenvalue weighted by molar-refractivity contribution is 7.85. The summed E-state index contributed by atoms with van der Waals surface area (Å²) in [6.07, 6.45) is 0. The Morgan fingerprint density at radius 2 is 2.10 bits per heavy atom. The van der Waals surface area contributed by atoms with Crippen molar-refractivity contribution in [3.63, 3.8) is 0 Å². The number of carbonyl (C=O) groups excluding carboxylic acids is 1. The van der Waals surface area contributed by atoms with Crippen molar-refractivity contribution in [2.45, 2.75) is 13.8 Å². The van der Waals surface area contributed by atoms with Gasteiger partial charge in [0.25, 0.3) is 0 Å². The molecule has 0 saturated carbocycles. The van der Waals surface area contributed by atoms with E-state index in [0.717, 1.165) is 6.92 Å². The third-order valence-corrected chi connectivity index (χ3v) is 1.64. The largest absolute Gasteiger partial charge is 0.385 e. The van der Waals surface area contributed by atoms with Gasteiger partial charge in [0.15, 0.2) is 0 Å². The minimum Gasteiger partial charge on any atom is -0.335 e. The minimum absolute atomic E-state index is 0.204. The van der Waals surface area contributed by atoms with Crippen LogP contribution in [0.4, 0.5) is 0 Å². The third kappa shape index (κ3) is 4.28. The van der Waals surface area contributed by atoms with E-state index < -0.39 is 16.3 Å². The van der Waals surface area contributed by atoms with Gasteiger partial charge in [-0.2, -0.15) is 13.1 Å². The first-order valence-corrected chi connectivity index (χ1v) is 4.08. The number of carbonyl (C=O) groups is 1. The summed E-state index contributed by atoms with van der Waals surface area (Å²) < 4.78 is 26.9. The SMILES string of the molecule is CCNS(=O)(=O)OC(C)=O. The number of nitrogens with one attached hydrogen (secondary N) is 1. The zero-order valence-electron chi connectivity index (χ0n) is 5.75. The number of hydrogen-bond donors (Lipinski definition) is 1. The van der Waals surface area contributed by atoms with E-state index in [1.807, 2.05) is 4.72 Å². The Balaban J connectivity index is 4.02. The lowest BCUT2D eigenvalue weighted by Crippen LogP contribution is -2.26. The van der Waals surface area contributed by atoms with Gasteiger partial charge < -0.3 is 4.18 Å². The second-order valence-corrected chi connectivity index (χ2v) is 2.89. The van der Waals surface area contributed by atoms with Gasteiger partial charge in [-0.25, -0.2) is 0 Å². The Kier molecular flexibility index (Phi) is 3.31. The summed E-state index contributed by atoms with van der Waals surface area (Å²) in [6.45, 7) is 2.81. The summed E-state index contributed by atoms with van der Waals surface area (Å²) in [5.74, 6) is -0.846. The molecule has 0 aliphatic heterocycles. The van der Waals surface area contributed by atoms with E-state index in [0.29, 0.717) is 0 Å². The van der Waals surface area contributed by atoms with Gasteiger partial charge in [-0.15, -0.1) is 0 Å². The molecule has 0 aliphatic carbocycles. The highest BCUT2D eigenvalue weighted by Crippen LogP contribution is 1.86. The maximum atomic E-state index is 10.5. The van der Waals surface area contributed by atoms with Crippen LogP contribution >= 0.6 is 0 Å². The highest BCUT2D eigenvalue weighted by atomic mass is 32.2. The summed E-state index contributed by atoms with van der Waals surface area (Å²) in [7, 11) is -3.83. The van der Waals surface area contributed by atoms with Crippen molar-refractivity contribution in [2.75, 3.05) is 6.54 Å². The molecule has 0 bridgehead atoms. The number of hydrogen-bond acceptors (Lipinski definition) is 4. The van der Waals surface area contributed by atoms with Gasteiger partial charge in [0.1, 0.15) is 0 Å². The average molecular weight is 167 g/mol.